The third-order valence-electron chi connectivity index (χ3n) is 4.63. The van der Waals surface area contributed by atoms with E-state index in [4.69, 9.17) is 9.73 Å². The Bertz CT molecular complexity index is 542. The number of benzene rings is 1. The van der Waals surface area contributed by atoms with Crippen LogP contribution in [0.5, 0.6) is 0 Å². The molecule has 0 atom stereocenters. The van der Waals surface area contributed by atoms with Crippen molar-refractivity contribution in [1.82, 2.24) is 15.5 Å². The Hall–Kier alpha value is -1.59. The quantitative estimate of drug-likeness (QED) is 0.452. The number of ether oxygens (including phenoxy) is 1. The summed E-state index contributed by atoms with van der Waals surface area (Å²) in [6.45, 7) is 16.1. The highest BCUT2D eigenvalue weighted by Gasteiger charge is 2.09. The number of aryl methyl sites for hydroxylation is 3. The number of hydrogen-bond acceptors (Lipinski definition) is 3. The lowest BCUT2D eigenvalue weighted by atomic mass is 10.00. The van der Waals surface area contributed by atoms with Crippen LogP contribution in [0.2, 0.25) is 0 Å². The lowest BCUT2D eigenvalue weighted by molar-refractivity contribution is 0.0376. The fourth-order valence-electron chi connectivity index (χ4n) is 3.29. The summed E-state index contributed by atoms with van der Waals surface area (Å²) in [4.78, 5) is 7.25. The molecule has 1 aromatic carbocycles. The van der Waals surface area contributed by atoms with Crippen molar-refractivity contribution in [2.24, 2.45) is 4.99 Å². The summed E-state index contributed by atoms with van der Waals surface area (Å²) in [6.07, 6.45) is 1.12. The van der Waals surface area contributed by atoms with Crippen LogP contribution in [0.25, 0.3) is 0 Å². The van der Waals surface area contributed by atoms with E-state index in [1.807, 2.05) is 0 Å². The molecule has 0 radical (unpaired) electrons. The van der Waals surface area contributed by atoms with Gasteiger partial charge in [-0.25, -0.2) is 4.99 Å². The lowest BCUT2D eigenvalue weighted by Crippen LogP contribution is -2.40. The van der Waals surface area contributed by atoms with E-state index in [0.29, 0.717) is 0 Å². The minimum atomic E-state index is 0.719. The van der Waals surface area contributed by atoms with Gasteiger partial charge in [-0.05, 0) is 57.4 Å². The molecule has 0 unspecified atom stereocenters. The van der Waals surface area contributed by atoms with Crippen molar-refractivity contribution in [3.63, 3.8) is 0 Å². The van der Waals surface area contributed by atoms with Crippen molar-refractivity contribution < 1.29 is 4.74 Å². The van der Waals surface area contributed by atoms with Crippen LogP contribution in [0.1, 0.15) is 35.6 Å². The molecule has 1 aliphatic heterocycles. The van der Waals surface area contributed by atoms with Crippen molar-refractivity contribution in [3.8, 4) is 0 Å². The number of nitrogens with one attached hydrogen (secondary N) is 2. The first-order valence-electron chi connectivity index (χ1n) is 9.49. The van der Waals surface area contributed by atoms with Gasteiger partial charge in [0.15, 0.2) is 5.96 Å². The number of guanidine groups is 1. The summed E-state index contributed by atoms with van der Waals surface area (Å²) in [7, 11) is 0. The molecule has 1 aromatic rings. The Morgan fingerprint density at radius 3 is 2.44 bits per heavy atom. The summed E-state index contributed by atoms with van der Waals surface area (Å²) in [5.41, 5.74) is 5.29. The van der Waals surface area contributed by atoms with Crippen molar-refractivity contribution >= 4 is 5.96 Å². The van der Waals surface area contributed by atoms with E-state index < -0.39 is 0 Å². The van der Waals surface area contributed by atoms with Gasteiger partial charge in [0.05, 0.1) is 19.8 Å². The van der Waals surface area contributed by atoms with Crippen molar-refractivity contribution in [1.29, 1.82) is 0 Å². The highest BCUT2D eigenvalue weighted by atomic mass is 16.5. The molecule has 1 fully saturated rings. The average Bonchev–Trinajstić information content (AvgIpc) is 2.58. The number of nitrogens with zero attached hydrogens (tertiary/aromatic N) is 2. The van der Waals surface area contributed by atoms with Gasteiger partial charge in [-0.3, -0.25) is 4.90 Å². The maximum atomic E-state index is 5.39. The van der Waals surface area contributed by atoms with Crippen LogP contribution in [0.4, 0.5) is 0 Å². The lowest BCUT2D eigenvalue weighted by Gasteiger charge is -2.26. The number of rotatable bonds is 7. The second-order valence-corrected chi connectivity index (χ2v) is 6.81. The summed E-state index contributed by atoms with van der Waals surface area (Å²) in [6, 6.07) is 4.47. The van der Waals surface area contributed by atoms with E-state index in [-0.39, 0.29) is 0 Å². The SMILES string of the molecule is CCNC(=NCc1c(C)cc(C)cc1C)NCCCN1CCOCC1. The van der Waals surface area contributed by atoms with E-state index >= 15 is 0 Å². The van der Waals surface area contributed by atoms with Crippen LogP contribution >= 0.6 is 0 Å². The molecule has 2 N–H and O–H groups in total. The molecule has 25 heavy (non-hydrogen) atoms. The summed E-state index contributed by atoms with van der Waals surface area (Å²) in [5.74, 6) is 0.906. The van der Waals surface area contributed by atoms with Crippen LogP contribution in [-0.4, -0.2) is 56.8 Å². The van der Waals surface area contributed by atoms with Gasteiger partial charge >= 0.3 is 0 Å². The van der Waals surface area contributed by atoms with Gasteiger partial charge < -0.3 is 15.4 Å². The summed E-state index contributed by atoms with van der Waals surface area (Å²) >= 11 is 0. The molecule has 140 valence electrons. The van der Waals surface area contributed by atoms with Crippen LogP contribution in [0.3, 0.4) is 0 Å². The molecule has 0 saturated carbocycles. The summed E-state index contributed by atoms with van der Waals surface area (Å²) < 4.78 is 5.39. The topological polar surface area (TPSA) is 48.9 Å². The standard InChI is InChI=1S/C20H34N4O/c1-5-21-20(22-7-6-8-24-9-11-25-12-10-24)23-15-19-17(3)13-16(2)14-18(19)4/h13-14H,5-12,15H2,1-4H3,(H2,21,22,23). The summed E-state index contributed by atoms with van der Waals surface area (Å²) in [5, 5.41) is 6.81. The van der Waals surface area contributed by atoms with Crippen LogP contribution in [-0.2, 0) is 11.3 Å². The van der Waals surface area contributed by atoms with Crippen LogP contribution in [0, 0.1) is 20.8 Å². The number of hydrogen-bond donors (Lipinski definition) is 2. The molecule has 5 nitrogen and oxygen atoms in total. The molecule has 1 heterocycles. The zero-order valence-corrected chi connectivity index (χ0v) is 16.3. The molecule has 0 aromatic heterocycles. The molecule has 1 aliphatic rings. The van der Waals surface area contributed by atoms with E-state index in [9.17, 15) is 0 Å². The van der Waals surface area contributed by atoms with Crippen LogP contribution < -0.4 is 10.6 Å². The van der Waals surface area contributed by atoms with Gasteiger partial charge in [-0.15, -0.1) is 0 Å². The predicted octanol–water partition coefficient (Wildman–Crippen LogP) is 2.39. The Balaban J connectivity index is 1.83. The predicted molar refractivity (Wildman–Crippen MR) is 105 cm³/mol. The van der Waals surface area contributed by atoms with Gasteiger partial charge in [-0.1, -0.05) is 17.7 Å². The van der Waals surface area contributed by atoms with E-state index in [2.05, 4.69) is 55.4 Å². The fourth-order valence-corrected chi connectivity index (χ4v) is 3.29. The maximum absolute atomic E-state index is 5.39. The van der Waals surface area contributed by atoms with Gasteiger partial charge in [0.2, 0.25) is 0 Å². The average molecular weight is 347 g/mol. The highest BCUT2D eigenvalue weighted by Crippen LogP contribution is 2.17. The third kappa shape index (κ3) is 6.67. The largest absolute Gasteiger partial charge is 0.379 e. The normalized spacial score (nSPS) is 16.1. The smallest absolute Gasteiger partial charge is 0.191 e. The minimum absolute atomic E-state index is 0.719. The molecular weight excluding hydrogens is 312 g/mol. The second kappa shape index (κ2) is 10.4. The third-order valence-corrected chi connectivity index (χ3v) is 4.63. The number of morpholine rings is 1. The second-order valence-electron chi connectivity index (χ2n) is 6.81. The zero-order chi connectivity index (χ0) is 18.1. The molecule has 0 amide bonds. The van der Waals surface area contributed by atoms with Crippen molar-refractivity contribution in [2.45, 2.75) is 40.7 Å². The molecular formula is C20H34N4O. The monoisotopic (exact) mass is 346 g/mol. The van der Waals surface area contributed by atoms with Gasteiger partial charge in [0, 0.05) is 26.2 Å². The highest BCUT2D eigenvalue weighted by molar-refractivity contribution is 5.79. The van der Waals surface area contributed by atoms with E-state index in [1.54, 1.807) is 0 Å². The molecule has 5 heteroatoms. The molecule has 2 rings (SSSR count). The Morgan fingerprint density at radius 1 is 1.12 bits per heavy atom. The first-order valence-corrected chi connectivity index (χ1v) is 9.49. The van der Waals surface area contributed by atoms with E-state index in [1.165, 1.54) is 22.3 Å². The Morgan fingerprint density at radius 2 is 1.80 bits per heavy atom. The minimum Gasteiger partial charge on any atom is -0.379 e. The Labute approximate surface area is 152 Å². The fraction of sp³-hybridized carbons (Fsp3) is 0.650. The van der Waals surface area contributed by atoms with Gasteiger partial charge in [0.1, 0.15) is 0 Å². The number of aliphatic imine (C=N–C) groups is 1. The zero-order valence-electron chi connectivity index (χ0n) is 16.3. The van der Waals surface area contributed by atoms with Gasteiger partial charge in [-0.2, -0.15) is 0 Å². The Kier molecular flexibility index (Phi) is 8.22. The first-order chi connectivity index (χ1) is 12.1. The van der Waals surface area contributed by atoms with Crippen LogP contribution in [0.15, 0.2) is 17.1 Å². The molecule has 0 aliphatic carbocycles. The maximum Gasteiger partial charge on any atom is 0.191 e. The van der Waals surface area contributed by atoms with Gasteiger partial charge in [0.25, 0.3) is 0 Å². The van der Waals surface area contributed by atoms with E-state index in [0.717, 1.165) is 64.9 Å². The first kappa shape index (κ1) is 19.7. The molecule has 1 saturated heterocycles. The van der Waals surface area contributed by atoms with Crippen molar-refractivity contribution in [3.05, 3.63) is 34.4 Å². The molecule has 0 spiro atoms. The molecule has 0 bridgehead atoms. The van der Waals surface area contributed by atoms with Crippen molar-refractivity contribution in [2.75, 3.05) is 45.9 Å².